The summed E-state index contributed by atoms with van der Waals surface area (Å²) < 4.78 is 204. The molecule has 0 aliphatic carbocycles. The molecule has 0 radical (unpaired) electrons. The molecule has 0 spiro atoms. The highest BCUT2D eigenvalue weighted by atomic mass is 16.3. The first kappa shape index (κ1) is 22.9. The van der Waals surface area contributed by atoms with Crippen LogP contribution in [0.25, 0.3) is 49.4 Å². The Kier molecular flexibility index (Phi) is 4.47. The van der Waals surface area contributed by atoms with E-state index in [2.05, 4.69) is 0 Å². The summed E-state index contributed by atoms with van der Waals surface area (Å²) in [5.41, 5.74) is -6.30. The average molecular weight is 842 g/mol. The minimum Gasteiger partial charge on any atom is -0.454 e. The highest BCUT2D eigenvalue weighted by molar-refractivity contribution is 7.00. The maximum atomic E-state index is 10.7. The molecule has 5 heterocycles. The monoisotopic (exact) mass is 842 g/mol. The Labute approximate surface area is 400 Å². The van der Waals surface area contributed by atoms with Crippen molar-refractivity contribution in [3.8, 4) is 5.69 Å². The molecular weight excluding hydrogens is 765 g/mol. The van der Waals surface area contributed by atoms with Gasteiger partial charge in [-0.05, 0) is 121 Å². The molecule has 0 saturated carbocycles. The van der Waals surface area contributed by atoms with Gasteiger partial charge in [0, 0.05) is 38.6 Å². The second kappa shape index (κ2) is 12.3. The number of nitrogens with zero attached hydrogens (tertiary/aromatic N) is 3. The minimum absolute atomic E-state index is 0.0252. The quantitative estimate of drug-likeness (QED) is 0.154. The predicted octanol–water partition coefficient (Wildman–Crippen LogP) is 14.3. The van der Waals surface area contributed by atoms with Gasteiger partial charge in [-0.3, -0.25) is 0 Å². The lowest BCUT2D eigenvalue weighted by Gasteiger charge is -2.47. The van der Waals surface area contributed by atoms with Gasteiger partial charge in [0.1, 0.15) is 5.58 Å². The van der Waals surface area contributed by atoms with Gasteiger partial charge in [-0.2, -0.15) is 0 Å². The number of rotatable bonds is 1. The zero-order valence-electron chi connectivity index (χ0n) is 57.3. The van der Waals surface area contributed by atoms with Crippen LogP contribution < -0.4 is 26.2 Å². The van der Waals surface area contributed by atoms with Crippen LogP contribution in [0.15, 0.2) is 125 Å². The second-order valence-electron chi connectivity index (χ2n) is 21.1. The van der Waals surface area contributed by atoms with E-state index in [-0.39, 0.29) is 148 Å². The van der Waals surface area contributed by atoms with Crippen molar-refractivity contribution in [2.24, 2.45) is 0 Å². The number of hydrogen-bond acceptors (Lipinski definition) is 3. The van der Waals surface area contributed by atoms with E-state index >= 15 is 0 Å². The zero-order chi connectivity index (χ0) is 61.3. The molecule has 0 bridgehead atoms. The van der Waals surface area contributed by atoms with E-state index in [1.54, 1.807) is 62.3 Å². The second-order valence-corrected chi connectivity index (χ2v) is 21.1. The molecular formula is C58H56BN3O. The van der Waals surface area contributed by atoms with Gasteiger partial charge in [0.2, 0.25) is 0 Å². The van der Waals surface area contributed by atoms with Gasteiger partial charge >= 0.3 is 0 Å². The number of fused-ring (bicyclic) bond motifs is 12. The Hall–Kier alpha value is -6.20. The van der Waals surface area contributed by atoms with Crippen molar-refractivity contribution in [2.75, 3.05) is 9.80 Å². The first-order valence-corrected chi connectivity index (χ1v) is 21.3. The zero-order valence-corrected chi connectivity index (χ0v) is 37.3. The smallest absolute Gasteiger partial charge is 0.252 e. The molecule has 0 fully saturated rings. The summed E-state index contributed by atoms with van der Waals surface area (Å²) in [6.45, 7) is 19.7. The molecule has 0 saturated heterocycles. The van der Waals surface area contributed by atoms with Crippen LogP contribution in [0.1, 0.15) is 133 Å². The van der Waals surface area contributed by atoms with E-state index in [4.69, 9.17) is 9.90 Å². The highest BCUT2D eigenvalue weighted by Crippen LogP contribution is 2.55. The maximum absolute atomic E-state index is 10.7. The van der Waals surface area contributed by atoms with Crippen molar-refractivity contribution in [3.63, 3.8) is 0 Å². The molecule has 0 atom stereocenters. The van der Waals surface area contributed by atoms with E-state index < -0.39 is 124 Å². The highest BCUT2D eigenvalue weighted by Gasteiger charge is 2.47. The molecule has 5 heteroatoms. The lowest BCUT2D eigenvalue weighted by Crippen LogP contribution is -2.62. The van der Waals surface area contributed by atoms with Crippen molar-refractivity contribution in [1.29, 1.82) is 0 Å². The largest absolute Gasteiger partial charge is 0.454 e. The molecule has 63 heavy (non-hydrogen) atoms. The maximum Gasteiger partial charge on any atom is 0.252 e. The Morgan fingerprint density at radius 1 is 0.444 bits per heavy atom. The van der Waals surface area contributed by atoms with Gasteiger partial charge < -0.3 is 18.8 Å². The number of hydrogen-bond donors (Lipinski definition) is 0. The minimum atomic E-state index is -1.58. The van der Waals surface area contributed by atoms with Crippen molar-refractivity contribution in [1.82, 2.24) is 4.57 Å². The van der Waals surface area contributed by atoms with Crippen molar-refractivity contribution in [3.05, 3.63) is 143 Å². The van der Waals surface area contributed by atoms with Crippen LogP contribution in [0.4, 0.5) is 34.1 Å². The van der Waals surface area contributed by atoms with Crippen LogP contribution >= 0.6 is 0 Å². The molecule has 0 unspecified atom stereocenters. The fourth-order valence-corrected chi connectivity index (χ4v) is 9.17. The van der Waals surface area contributed by atoms with Crippen LogP contribution in [-0.2, 0) is 21.7 Å². The molecule has 0 N–H and O–H groups in total. The first-order valence-electron chi connectivity index (χ1n) is 31.3. The lowest BCUT2D eigenvalue weighted by atomic mass is 9.33. The number of furan rings is 1. The van der Waals surface area contributed by atoms with Crippen LogP contribution in [0.2, 0.25) is 0 Å². The molecule has 0 amide bonds. The summed E-state index contributed by atoms with van der Waals surface area (Å²) in [7, 11) is 0. The van der Waals surface area contributed by atoms with Gasteiger partial charge in [-0.15, -0.1) is 0 Å². The van der Waals surface area contributed by atoms with Gasteiger partial charge in [0.15, 0.2) is 5.58 Å². The van der Waals surface area contributed by atoms with Gasteiger partial charge in [0.05, 0.1) is 61.2 Å². The molecule has 2 aromatic heterocycles. The average Bonchev–Trinajstić information content (AvgIpc) is 1.83. The van der Waals surface area contributed by atoms with Crippen LogP contribution in [-0.4, -0.2) is 11.3 Å². The van der Waals surface area contributed by atoms with E-state index in [1.807, 2.05) is 20.8 Å². The molecule has 3 aliphatic heterocycles. The van der Waals surface area contributed by atoms with Gasteiger partial charge in [-0.1, -0.05) is 144 Å². The summed E-state index contributed by atoms with van der Waals surface area (Å²) in [4.78, 5) is 2.74. The van der Waals surface area contributed by atoms with Crippen LogP contribution in [0, 0.1) is 0 Å². The normalized spacial score (nSPS) is 19.0. The molecule has 12 rings (SSSR count). The number of anilines is 6. The van der Waals surface area contributed by atoms with Gasteiger partial charge in [0.25, 0.3) is 6.71 Å². The van der Waals surface area contributed by atoms with E-state index in [9.17, 15) is 21.9 Å². The first-order chi connectivity index (χ1) is 38.2. The lowest BCUT2D eigenvalue weighted by molar-refractivity contribution is 0.590. The summed E-state index contributed by atoms with van der Waals surface area (Å²) in [5.74, 6) is 0. The molecule has 7 aromatic carbocycles. The summed E-state index contributed by atoms with van der Waals surface area (Å²) in [6, 6.07) is -10.0. The van der Waals surface area contributed by atoms with E-state index in [0.717, 1.165) is 0 Å². The predicted molar refractivity (Wildman–Crippen MR) is 270 cm³/mol. The Morgan fingerprint density at radius 3 is 1.76 bits per heavy atom. The fraction of sp³-hybridized carbons (Fsp3) is 0.276. The van der Waals surface area contributed by atoms with Gasteiger partial charge in [-0.25, -0.2) is 0 Å². The SMILES string of the molecule is [2H]c1c([2H])c2c3c(c1[2H])-n1c4c([2H])c([2H])c(C(C)(C)C)c([2H])c4c4c([2H])c(C(C)(C)C)c([2H])c(c41)N3c1c([2H])c(C(C)(C)C)c([2H])c3c1B2c1c([2H])c(C(C)(C)C)c([2H])c([2H])c1N3c1c([2H])c([2H])c([2H])c2c1oc1c([2H])c([2H])c([2H])c([2H])c12. The number of aromatic nitrogens is 1. The summed E-state index contributed by atoms with van der Waals surface area (Å²) in [6.07, 6.45) is 0. The third-order valence-corrected chi connectivity index (χ3v) is 12.5. The molecule has 4 nitrogen and oxygen atoms in total. The van der Waals surface area contributed by atoms with Crippen molar-refractivity contribution >= 4 is 101 Å². The Bertz CT molecular complexity index is 4630. The van der Waals surface area contributed by atoms with E-state index in [1.165, 1.54) is 14.4 Å². The fourth-order valence-electron chi connectivity index (χ4n) is 9.17. The van der Waals surface area contributed by atoms with E-state index in [0.29, 0.717) is 0 Å². The third-order valence-electron chi connectivity index (χ3n) is 12.5. The standard InChI is InChI=1S/C58H56BN3O/c1-55(2,3)33-23-25-43-39(27-33)40-28-35(57(7,8)9)32-49-52(40)61(43)45-20-16-19-41-53(45)62(49)48-31-36(58(10,11)12)30-47-51(48)59(41)42-29-34(56(4,5)6)24-26-44(42)60(47)46-21-15-18-38-37-17-13-14-22-50(37)63-54(38)46/h13-32H,1-12H3/i13D,14D,15D,16D,17D,18D,19D,20D,21D,22D,23D,24D,25D,26D,27D,28D,29D,30D,31D,32D. The van der Waals surface area contributed by atoms with Crippen molar-refractivity contribution in [2.45, 2.75) is 105 Å². The number of para-hydroxylation sites is 3. The van der Waals surface area contributed by atoms with Crippen LogP contribution in [0.5, 0.6) is 0 Å². The number of benzene rings is 7. The Morgan fingerprint density at radius 2 is 1.03 bits per heavy atom. The topological polar surface area (TPSA) is 24.6 Å². The molecule has 312 valence electrons. The third kappa shape index (κ3) is 5.29. The molecule has 9 aromatic rings. The summed E-state index contributed by atoms with van der Waals surface area (Å²) >= 11 is 0. The Balaban J connectivity index is 1.43. The molecule has 3 aliphatic rings. The van der Waals surface area contributed by atoms with Crippen LogP contribution in [0.3, 0.4) is 0 Å². The summed E-state index contributed by atoms with van der Waals surface area (Å²) in [5, 5.41) is -0.464. The van der Waals surface area contributed by atoms with Crippen molar-refractivity contribution < 1.29 is 31.8 Å².